The van der Waals surface area contributed by atoms with Gasteiger partial charge in [0, 0.05) is 6.42 Å². The highest BCUT2D eigenvalue weighted by atomic mass is 32.2. The third-order valence-electron chi connectivity index (χ3n) is 2.53. The lowest BCUT2D eigenvalue weighted by molar-refractivity contribution is -0.140. The van der Waals surface area contributed by atoms with Gasteiger partial charge in [-0.15, -0.1) is 0 Å². The summed E-state index contributed by atoms with van der Waals surface area (Å²) in [6.07, 6.45) is 0.318. The number of alkyl halides is 3. The number of benzene rings is 1. The Morgan fingerprint density at radius 3 is 2.45 bits per heavy atom. The second kappa shape index (κ2) is 6.77. The number of esters is 1. The van der Waals surface area contributed by atoms with Crippen molar-refractivity contribution in [2.75, 3.05) is 7.11 Å². The molecule has 0 amide bonds. The molecule has 10 heteroatoms. The van der Waals surface area contributed by atoms with Crippen LogP contribution in [0, 0.1) is 0 Å². The minimum atomic E-state index is -5.86. The number of aryl methyl sites for hydroxylation is 1. The van der Waals surface area contributed by atoms with Gasteiger partial charge in [-0.2, -0.15) is 21.6 Å². The first-order valence-corrected chi connectivity index (χ1v) is 7.17. The number of halogens is 3. The highest BCUT2D eigenvalue weighted by Crippen LogP contribution is 2.29. The van der Waals surface area contributed by atoms with Crippen LogP contribution in [0.3, 0.4) is 0 Å². The van der Waals surface area contributed by atoms with Crippen LogP contribution in [0.4, 0.5) is 13.2 Å². The first-order valence-electron chi connectivity index (χ1n) is 5.76. The van der Waals surface area contributed by atoms with Gasteiger partial charge < -0.3 is 8.92 Å². The number of rotatable bonds is 6. The fourth-order valence-corrected chi connectivity index (χ4v) is 1.92. The molecule has 0 heterocycles. The molecule has 1 rings (SSSR count). The zero-order valence-corrected chi connectivity index (χ0v) is 12.0. The van der Waals surface area contributed by atoms with Crippen molar-refractivity contribution in [2.24, 2.45) is 0 Å². The minimum Gasteiger partial charge on any atom is -0.469 e. The molecule has 0 unspecified atom stereocenters. The van der Waals surface area contributed by atoms with Crippen LogP contribution in [0.2, 0.25) is 0 Å². The Morgan fingerprint density at radius 2 is 1.95 bits per heavy atom. The van der Waals surface area contributed by atoms with Crippen molar-refractivity contribution in [3.8, 4) is 5.75 Å². The maximum atomic E-state index is 12.2. The van der Waals surface area contributed by atoms with Crippen LogP contribution in [0.5, 0.6) is 5.75 Å². The monoisotopic (exact) mass is 340 g/mol. The molecule has 0 bridgehead atoms. The molecule has 0 aliphatic carbocycles. The maximum Gasteiger partial charge on any atom is 0.534 e. The van der Waals surface area contributed by atoms with Crippen LogP contribution in [-0.2, 0) is 26.1 Å². The predicted octanol–water partition coefficient (Wildman–Crippen LogP) is 1.83. The average molecular weight is 340 g/mol. The summed E-state index contributed by atoms with van der Waals surface area (Å²) < 4.78 is 66.8. The molecule has 0 fully saturated rings. The van der Waals surface area contributed by atoms with E-state index in [2.05, 4.69) is 8.92 Å². The Bertz CT molecular complexity index is 666. The van der Waals surface area contributed by atoms with Crippen molar-refractivity contribution in [3.63, 3.8) is 0 Å². The average Bonchev–Trinajstić information content (AvgIpc) is 2.44. The quantitative estimate of drug-likeness (QED) is 0.340. The van der Waals surface area contributed by atoms with Gasteiger partial charge >= 0.3 is 21.6 Å². The van der Waals surface area contributed by atoms with Crippen molar-refractivity contribution in [1.29, 1.82) is 0 Å². The highest BCUT2D eigenvalue weighted by molar-refractivity contribution is 7.88. The van der Waals surface area contributed by atoms with Gasteiger partial charge in [0.15, 0.2) is 12.0 Å². The number of hydrogen-bond donors (Lipinski definition) is 0. The van der Waals surface area contributed by atoms with E-state index < -0.39 is 27.3 Å². The van der Waals surface area contributed by atoms with Crippen LogP contribution in [0.1, 0.15) is 22.3 Å². The predicted molar refractivity (Wildman–Crippen MR) is 67.8 cm³/mol. The summed E-state index contributed by atoms with van der Waals surface area (Å²) in [7, 11) is -4.67. The van der Waals surface area contributed by atoms with Crippen molar-refractivity contribution in [1.82, 2.24) is 0 Å². The molecule has 1 aromatic rings. The van der Waals surface area contributed by atoms with Crippen molar-refractivity contribution in [2.45, 2.75) is 18.3 Å². The van der Waals surface area contributed by atoms with E-state index >= 15 is 0 Å². The summed E-state index contributed by atoms with van der Waals surface area (Å²) in [5.41, 5.74) is -5.55. The van der Waals surface area contributed by atoms with E-state index in [1.54, 1.807) is 0 Å². The molecule has 0 aromatic heterocycles. The van der Waals surface area contributed by atoms with Gasteiger partial charge in [-0.25, -0.2) is 0 Å². The Hall–Kier alpha value is -2.10. The van der Waals surface area contributed by atoms with Gasteiger partial charge in [-0.1, -0.05) is 6.07 Å². The fraction of sp³-hybridized carbons (Fsp3) is 0.333. The molecule has 0 spiro atoms. The third-order valence-corrected chi connectivity index (χ3v) is 3.50. The number of methoxy groups -OCH3 is 1. The fourth-order valence-electron chi connectivity index (χ4n) is 1.44. The highest BCUT2D eigenvalue weighted by Gasteiger charge is 2.48. The molecule has 0 saturated carbocycles. The molecule has 22 heavy (non-hydrogen) atoms. The number of hydrogen-bond acceptors (Lipinski definition) is 6. The molecule has 1 aromatic carbocycles. The SMILES string of the molecule is COC(=O)CCc1ccc(OS(=O)(=O)C(F)(F)F)c(C=O)c1. The first kappa shape index (κ1) is 18.0. The van der Waals surface area contributed by atoms with E-state index in [1.807, 2.05) is 0 Å². The van der Waals surface area contributed by atoms with E-state index in [0.29, 0.717) is 5.56 Å². The van der Waals surface area contributed by atoms with Crippen molar-refractivity contribution in [3.05, 3.63) is 29.3 Å². The van der Waals surface area contributed by atoms with E-state index in [4.69, 9.17) is 0 Å². The van der Waals surface area contributed by atoms with Crippen LogP contribution in [0.25, 0.3) is 0 Å². The Kier molecular flexibility index (Phi) is 5.53. The molecule has 0 aliphatic rings. The van der Waals surface area contributed by atoms with Gasteiger partial charge in [0.05, 0.1) is 12.7 Å². The zero-order valence-electron chi connectivity index (χ0n) is 11.2. The largest absolute Gasteiger partial charge is 0.534 e. The summed E-state index contributed by atoms with van der Waals surface area (Å²) in [6, 6.07) is 3.30. The molecule has 122 valence electrons. The number of ether oxygens (including phenoxy) is 1. The Labute approximate surface area is 124 Å². The summed E-state index contributed by atoms with van der Waals surface area (Å²) in [5.74, 6) is -1.25. The van der Waals surface area contributed by atoms with Crippen LogP contribution >= 0.6 is 0 Å². The van der Waals surface area contributed by atoms with Crippen molar-refractivity contribution < 1.29 is 40.1 Å². The third kappa shape index (κ3) is 4.45. The van der Waals surface area contributed by atoms with Gasteiger partial charge in [0.25, 0.3) is 0 Å². The number of carbonyl (C=O) groups excluding carboxylic acids is 2. The summed E-state index contributed by atoms with van der Waals surface area (Å²) in [6.45, 7) is 0. The topological polar surface area (TPSA) is 86.7 Å². The molecule has 6 nitrogen and oxygen atoms in total. The molecule has 0 atom stereocenters. The molecular formula is C12H11F3O6S. The van der Waals surface area contributed by atoms with E-state index in [0.717, 1.165) is 12.1 Å². The summed E-state index contributed by atoms with van der Waals surface area (Å²) in [5, 5.41) is 0. The molecule has 0 radical (unpaired) electrons. The van der Waals surface area contributed by atoms with Gasteiger partial charge in [0.1, 0.15) is 0 Å². The molecule has 0 saturated heterocycles. The van der Waals surface area contributed by atoms with Gasteiger partial charge in [-0.3, -0.25) is 9.59 Å². The van der Waals surface area contributed by atoms with Crippen LogP contribution in [0.15, 0.2) is 18.2 Å². The normalized spacial score (nSPS) is 11.8. The standard InChI is InChI=1S/C12H11F3O6S/c1-20-11(17)5-3-8-2-4-10(9(6-8)7-16)21-22(18,19)12(13,14)15/h2,4,6-7H,3,5H2,1H3. The minimum absolute atomic E-state index is 0.00412. The number of aldehydes is 1. The second-order valence-electron chi connectivity index (χ2n) is 4.05. The van der Waals surface area contributed by atoms with Crippen molar-refractivity contribution >= 4 is 22.4 Å². The van der Waals surface area contributed by atoms with Gasteiger partial charge in [-0.05, 0) is 24.1 Å². The first-order chi connectivity index (χ1) is 10.1. The summed E-state index contributed by atoms with van der Waals surface area (Å²) >= 11 is 0. The van der Waals surface area contributed by atoms with E-state index in [-0.39, 0.29) is 24.7 Å². The summed E-state index contributed by atoms with van der Waals surface area (Å²) in [4.78, 5) is 21.8. The maximum absolute atomic E-state index is 12.2. The number of carbonyl (C=O) groups is 2. The van der Waals surface area contributed by atoms with E-state index in [9.17, 15) is 31.2 Å². The van der Waals surface area contributed by atoms with E-state index in [1.165, 1.54) is 13.2 Å². The smallest absolute Gasteiger partial charge is 0.469 e. The van der Waals surface area contributed by atoms with Crippen LogP contribution < -0.4 is 4.18 Å². The lowest BCUT2D eigenvalue weighted by Crippen LogP contribution is -2.28. The molecule has 0 N–H and O–H groups in total. The lowest BCUT2D eigenvalue weighted by Gasteiger charge is -2.11. The van der Waals surface area contributed by atoms with Crippen LogP contribution in [-0.4, -0.2) is 33.3 Å². The molecule has 0 aliphatic heterocycles. The molecular weight excluding hydrogens is 329 g/mol. The lowest BCUT2D eigenvalue weighted by atomic mass is 10.1. The Morgan fingerprint density at radius 1 is 1.32 bits per heavy atom. The Balaban J connectivity index is 3.00. The van der Waals surface area contributed by atoms with Gasteiger partial charge in [0.2, 0.25) is 0 Å². The zero-order chi connectivity index (χ0) is 17.0. The second-order valence-corrected chi connectivity index (χ2v) is 5.59.